The monoisotopic (exact) mass is 274 g/mol. The molecule has 3 nitrogen and oxygen atoms in total. The van der Waals surface area contributed by atoms with Crippen molar-refractivity contribution in [1.29, 1.82) is 0 Å². The molecule has 0 fully saturated rings. The molecular weight excluding hydrogens is 256 g/mol. The average Bonchev–Trinajstić information content (AvgIpc) is 2.80. The summed E-state index contributed by atoms with van der Waals surface area (Å²) in [5, 5.41) is 7.77. The number of rotatable bonds is 4. The number of amides is 2. The Labute approximate surface area is 117 Å². The van der Waals surface area contributed by atoms with Crippen LogP contribution < -0.4 is 10.6 Å². The van der Waals surface area contributed by atoms with Crippen molar-refractivity contribution in [1.82, 2.24) is 5.32 Å². The van der Waals surface area contributed by atoms with Gasteiger partial charge in [-0.2, -0.15) is 0 Å². The van der Waals surface area contributed by atoms with E-state index in [-0.39, 0.29) is 6.03 Å². The Morgan fingerprint density at radius 3 is 2.58 bits per heavy atom. The van der Waals surface area contributed by atoms with Gasteiger partial charge in [0.05, 0.1) is 0 Å². The lowest BCUT2D eigenvalue weighted by Crippen LogP contribution is -2.30. The molecule has 19 heavy (non-hydrogen) atoms. The van der Waals surface area contributed by atoms with Crippen molar-refractivity contribution in [2.45, 2.75) is 20.3 Å². The Bertz CT molecular complexity index is 529. The van der Waals surface area contributed by atoms with Crippen LogP contribution >= 0.6 is 11.3 Å². The van der Waals surface area contributed by atoms with Crippen molar-refractivity contribution >= 4 is 23.1 Å². The van der Waals surface area contributed by atoms with Gasteiger partial charge in [-0.25, -0.2) is 4.79 Å². The molecule has 1 aromatic carbocycles. The Hall–Kier alpha value is -1.81. The van der Waals surface area contributed by atoms with Crippen LogP contribution in [0.3, 0.4) is 0 Å². The third kappa shape index (κ3) is 4.41. The smallest absolute Gasteiger partial charge is 0.319 e. The fourth-order valence-electron chi connectivity index (χ4n) is 1.98. The second-order valence-electron chi connectivity index (χ2n) is 4.59. The molecule has 0 aliphatic rings. The molecule has 0 unspecified atom stereocenters. The minimum Gasteiger partial charge on any atom is -0.338 e. The number of urea groups is 1. The largest absolute Gasteiger partial charge is 0.338 e. The first-order valence-corrected chi connectivity index (χ1v) is 7.17. The van der Waals surface area contributed by atoms with E-state index in [1.165, 1.54) is 4.88 Å². The van der Waals surface area contributed by atoms with Gasteiger partial charge in [0.15, 0.2) is 0 Å². The van der Waals surface area contributed by atoms with Crippen molar-refractivity contribution in [3.8, 4) is 0 Å². The number of thiophene rings is 1. The van der Waals surface area contributed by atoms with E-state index in [1.807, 2.05) is 37.4 Å². The number of anilines is 1. The number of benzene rings is 1. The second kappa shape index (κ2) is 6.38. The van der Waals surface area contributed by atoms with Crippen LogP contribution in [-0.2, 0) is 6.42 Å². The Balaban J connectivity index is 1.80. The molecule has 1 heterocycles. The molecule has 4 heteroatoms. The highest BCUT2D eigenvalue weighted by Gasteiger charge is 2.02. The summed E-state index contributed by atoms with van der Waals surface area (Å²) in [6, 6.07) is 9.96. The summed E-state index contributed by atoms with van der Waals surface area (Å²) in [6.45, 7) is 4.69. The van der Waals surface area contributed by atoms with E-state index in [1.54, 1.807) is 11.3 Å². The molecule has 0 saturated carbocycles. The second-order valence-corrected chi connectivity index (χ2v) is 5.62. The summed E-state index contributed by atoms with van der Waals surface area (Å²) in [4.78, 5) is 13.0. The zero-order valence-corrected chi connectivity index (χ0v) is 12.0. The van der Waals surface area contributed by atoms with Crippen LogP contribution in [0.1, 0.15) is 16.0 Å². The number of nitrogens with one attached hydrogen (secondary N) is 2. The Morgan fingerprint density at radius 2 is 1.95 bits per heavy atom. The highest BCUT2D eigenvalue weighted by atomic mass is 32.1. The Kier molecular flexibility index (Phi) is 4.58. The van der Waals surface area contributed by atoms with Crippen LogP contribution in [0.4, 0.5) is 10.5 Å². The number of carbonyl (C=O) groups excluding carboxylic acids is 1. The highest BCUT2D eigenvalue weighted by Crippen LogP contribution is 2.13. The van der Waals surface area contributed by atoms with Crippen LogP contribution in [0, 0.1) is 13.8 Å². The van der Waals surface area contributed by atoms with Crippen molar-refractivity contribution in [2.24, 2.45) is 0 Å². The van der Waals surface area contributed by atoms with Gasteiger partial charge in [-0.3, -0.25) is 0 Å². The van der Waals surface area contributed by atoms with Crippen LogP contribution in [-0.4, -0.2) is 12.6 Å². The van der Waals surface area contributed by atoms with Crippen LogP contribution in [0.2, 0.25) is 0 Å². The minimum atomic E-state index is -0.151. The molecule has 0 atom stereocenters. The maximum atomic E-state index is 11.7. The lowest BCUT2D eigenvalue weighted by atomic mass is 10.1. The maximum Gasteiger partial charge on any atom is 0.319 e. The van der Waals surface area contributed by atoms with Gasteiger partial charge in [0.25, 0.3) is 0 Å². The zero-order valence-electron chi connectivity index (χ0n) is 11.2. The molecule has 0 spiro atoms. The SMILES string of the molecule is Cc1cc(C)cc(NC(=O)NCCc2cccs2)c1. The van der Waals surface area contributed by atoms with Crippen molar-refractivity contribution in [2.75, 3.05) is 11.9 Å². The third-order valence-corrected chi connectivity index (χ3v) is 3.65. The number of carbonyl (C=O) groups is 1. The summed E-state index contributed by atoms with van der Waals surface area (Å²) in [7, 11) is 0. The number of aryl methyl sites for hydroxylation is 2. The standard InChI is InChI=1S/C15H18N2OS/c1-11-8-12(2)10-13(9-11)17-15(18)16-6-5-14-4-3-7-19-14/h3-4,7-10H,5-6H2,1-2H3,(H2,16,17,18). The summed E-state index contributed by atoms with van der Waals surface area (Å²) in [5.74, 6) is 0. The van der Waals surface area contributed by atoms with Gasteiger partial charge in [0, 0.05) is 17.1 Å². The quantitative estimate of drug-likeness (QED) is 0.876. The van der Waals surface area contributed by atoms with Gasteiger partial charge in [-0.15, -0.1) is 11.3 Å². The van der Waals surface area contributed by atoms with Crippen molar-refractivity contribution < 1.29 is 4.79 Å². The van der Waals surface area contributed by atoms with E-state index < -0.39 is 0 Å². The fourth-order valence-corrected chi connectivity index (χ4v) is 2.69. The normalized spacial score (nSPS) is 10.2. The van der Waals surface area contributed by atoms with Crippen LogP contribution in [0.5, 0.6) is 0 Å². The lowest BCUT2D eigenvalue weighted by Gasteiger charge is -2.08. The molecule has 0 aliphatic heterocycles. The van der Waals surface area contributed by atoms with Crippen molar-refractivity contribution in [3.63, 3.8) is 0 Å². The molecule has 2 N–H and O–H groups in total. The minimum absolute atomic E-state index is 0.151. The van der Waals surface area contributed by atoms with Crippen LogP contribution in [0.25, 0.3) is 0 Å². The van der Waals surface area contributed by atoms with E-state index in [9.17, 15) is 4.79 Å². The van der Waals surface area contributed by atoms with Gasteiger partial charge in [0.1, 0.15) is 0 Å². The average molecular weight is 274 g/mol. The molecule has 2 aromatic rings. The molecule has 0 saturated heterocycles. The lowest BCUT2D eigenvalue weighted by molar-refractivity contribution is 0.252. The van der Waals surface area contributed by atoms with Gasteiger partial charge in [-0.05, 0) is 55.0 Å². The molecular formula is C15H18N2OS. The number of hydrogen-bond acceptors (Lipinski definition) is 2. The molecule has 0 bridgehead atoms. The maximum absolute atomic E-state index is 11.7. The molecule has 0 aliphatic carbocycles. The van der Waals surface area contributed by atoms with E-state index in [4.69, 9.17) is 0 Å². The summed E-state index contributed by atoms with van der Waals surface area (Å²) in [6.07, 6.45) is 0.873. The van der Waals surface area contributed by atoms with E-state index in [0.29, 0.717) is 6.54 Å². The highest BCUT2D eigenvalue weighted by molar-refractivity contribution is 7.09. The first-order chi connectivity index (χ1) is 9.13. The molecule has 2 amide bonds. The van der Waals surface area contributed by atoms with E-state index >= 15 is 0 Å². The molecule has 1 aromatic heterocycles. The van der Waals surface area contributed by atoms with Crippen molar-refractivity contribution in [3.05, 3.63) is 51.7 Å². The van der Waals surface area contributed by atoms with E-state index in [0.717, 1.165) is 23.2 Å². The predicted octanol–water partition coefficient (Wildman–Crippen LogP) is 3.73. The first kappa shape index (κ1) is 13.6. The van der Waals surface area contributed by atoms with E-state index in [2.05, 4.69) is 22.8 Å². The first-order valence-electron chi connectivity index (χ1n) is 6.29. The molecule has 2 rings (SSSR count). The van der Waals surface area contributed by atoms with Gasteiger partial charge < -0.3 is 10.6 Å². The van der Waals surface area contributed by atoms with Gasteiger partial charge in [-0.1, -0.05) is 12.1 Å². The topological polar surface area (TPSA) is 41.1 Å². The number of hydrogen-bond donors (Lipinski definition) is 2. The van der Waals surface area contributed by atoms with Gasteiger partial charge >= 0.3 is 6.03 Å². The molecule has 100 valence electrons. The fraction of sp³-hybridized carbons (Fsp3) is 0.267. The summed E-state index contributed by atoms with van der Waals surface area (Å²) >= 11 is 1.71. The third-order valence-electron chi connectivity index (χ3n) is 2.72. The zero-order chi connectivity index (χ0) is 13.7. The Morgan fingerprint density at radius 1 is 1.21 bits per heavy atom. The summed E-state index contributed by atoms with van der Waals surface area (Å²) in [5.41, 5.74) is 3.13. The van der Waals surface area contributed by atoms with Crippen LogP contribution in [0.15, 0.2) is 35.7 Å². The van der Waals surface area contributed by atoms with Gasteiger partial charge in [0.2, 0.25) is 0 Å². The summed E-state index contributed by atoms with van der Waals surface area (Å²) < 4.78 is 0. The predicted molar refractivity (Wildman–Crippen MR) is 81.0 cm³/mol. The molecule has 0 radical (unpaired) electrons.